The number of carbonyl (C=O) groups excluding carboxylic acids is 3. The van der Waals surface area contributed by atoms with Crippen molar-refractivity contribution in [3.8, 4) is 23.1 Å². The molecule has 0 saturated carbocycles. The van der Waals surface area contributed by atoms with Crippen molar-refractivity contribution in [3.63, 3.8) is 0 Å². The van der Waals surface area contributed by atoms with Gasteiger partial charge in [-0.1, -0.05) is 58.6 Å². The summed E-state index contributed by atoms with van der Waals surface area (Å²) in [5, 5.41) is 2.72. The number of fused-ring (bicyclic) bond motifs is 1. The minimum Gasteiger partial charge on any atom is -0.453 e. The van der Waals surface area contributed by atoms with Gasteiger partial charge in [-0.3, -0.25) is 9.59 Å². The number of alkyl carbamates (subject to hydrolysis) is 1. The first-order valence-electron chi connectivity index (χ1n) is 19.6. The zero-order valence-corrected chi connectivity index (χ0v) is 33.2. The number of H-pyrrole nitrogens is 2. The number of carbonyl (C=O) groups is 3. The van der Waals surface area contributed by atoms with Crippen molar-refractivity contribution in [2.75, 3.05) is 26.8 Å². The summed E-state index contributed by atoms with van der Waals surface area (Å²) >= 11 is 0. The summed E-state index contributed by atoms with van der Waals surface area (Å²) in [5.74, 6) is 7.29. The molecule has 3 aliphatic heterocycles. The fourth-order valence-electron chi connectivity index (χ4n) is 8.19. The lowest BCUT2D eigenvalue weighted by atomic mass is 9.96. The van der Waals surface area contributed by atoms with Crippen LogP contribution in [0.3, 0.4) is 0 Å². The molecule has 2 aromatic heterocycles. The van der Waals surface area contributed by atoms with Crippen molar-refractivity contribution in [1.82, 2.24) is 35.1 Å². The van der Waals surface area contributed by atoms with E-state index >= 15 is 4.39 Å². The Morgan fingerprint density at radius 2 is 1.62 bits per heavy atom. The number of hydrogen-bond acceptors (Lipinski definition) is 7. The Bertz CT molecular complexity index is 2160. The fourth-order valence-corrected chi connectivity index (χ4v) is 8.19. The first kappa shape index (κ1) is 39.0. The van der Waals surface area contributed by atoms with E-state index in [4.69, 9.17) is 19.4 Å². The monoisotopic (exact) mass is 765 g/mol. The Kier molecular flexibility index (Phi) is 10.7. The second-order valence-electron chi connectivity index (χ2n) is 16.7. The molecule has 3 aliphatic rings. The van der Waals surface area contributed by atoms with E-state index in [1.54, 1.807) is 22.9 Å². The number of nitrogens with one attached hydrogen (secondary N) is 3. The van der Waals surface area contributed by atoms with E-state index in [-0.39, 0.29) is 48.6 Å². The van der Waals surface area contributed by atoms with Gasteiger partial charge in [0.25, 0.3) is 0 Å². The molecule has 0 unspecified atom stereocenters. The summed E-state index contributed by atoms with van der Waals surface area (Å²) in [6.45, 7) is 12.4. The van der Waals surface area contributed by atoms with Gasteiger partial charge in [-0.15, -0.1) is 0 Å². The number of halogens is 1. The molecule has 0 aliphatic carbocycles. The molecule has 4 aromatic rings. The molecular formula is C43H52FN7O5. The van der Waals surface area contributed by atoms with Gasteiger partial charge in [-0.25, -0.2) is 19.2 Å². The summed E-state index contributed by atoms with van der Waals surface area (Å²) in [5.41, 5.74) is 2.83. The van der Waals surface area contributed by atoms with Crippen LogP contribution < -0.4 is 5.32 Å². The maximum atomic E-state index is 15.2. The van der Waals surface area contributed by atoms with Crippen LogP contribution >= 0.6 is 0 Å². The van der Waals surface area contributed by atoms with Crippen molar-refractivity contribution in [2.45, 2.75) is 96.6 Å². The first-order valence-corrected chi connectivity index (χ1v) is 19.6. The summed E-state index contributed by atoms with van der Waals surface area (Å²) < 4.78 is 26.3. The maximum Gasteiger partial charge on any atom is 0.407 e. The van der Waals surface area contributed by atoms with Crippen LogP contribution in [0.5, 0.6) is 0 Å². The average molecular weight is 766 g/mol. The SMILES string of the molecule is COC(=O)N[C@H](C(=O)N1C[C@]2(CCCO2)C[C@H]1c1nc2cc(C#Cc3ccc(-c4c[nH]c([C@@H]5C[C@@](C)(F)CN5C(=O)[C@@H](C)C(C)C)n4)cc3)ccc2[nH]1)C(C)C. The van der Waals surface area contributed by atoms with E-state index in [1.165, 1.54) is 7.11 Å². The Morgan fingerprint density at radius 3 is 2.30 bits per heavy atom. The summed E-state index contributed by atoms with van der Waals surface area (Å²) in [6, 6.07) is 12.0. The minimum atomic E-state index is -1.48. The molecular weight excluding hydrogens is 714 g/mol. The van der Waals surface area contributed by atoms with E-state index < -0.39 is 29.4 Å². The molecule has 3 N–H and O–H groups in total. The highest BCUT2D eigenvalue weighted by atomic mass is 19.1. The van der Waals surface area contributed by atoms with Crippen LogP contribution in [-0.4, -0.2) is 91.8 Å². The van der Waals surface area contributed by atoms with Crippen LogP contribution in [0.1, 0.15) is 102 Å². The molecule has 7 rings (SSSR count). The number of amides is 3. The molecule has 2 aromatic carbocycles. The number of aromatic nitrogens is 4. The van der Waals surface area contributed by atoms with Crippen LogP contribution in [0.4, 0.5) is 9.18 Å². The number of alkyl halides is 1. The fraction of sp³-hybridized carbons (Fsp3) is 0.512. The van der Waals surface area contributed by atoms with Gasteiger partial charge in [0.15, 0.2) is 0 Å². The highest BCUT2D eigenvalue weighted by molar-refractivity contribution is 5.87. The number of aromatic amines is 2. The second-order valence-corrected chi connectivity index (χ2v) is 16.7. The number of imidazole rings is 2. The van der Waals surface area contributed by atoms with Crippen LogP contribution in [0.25, 0.3) is 22.3 Å². The molecule has 3 amide bonds. The highest BCUT2D eigenvalue weighted by Crippen LogP contribution is 2.45. The van der Waals surface area contributed by atoms with E-state index in [0.29, 0.717) is 36.9 Å². The highest BCUT2D eigenvalue weighted by Gasteiger charge is 2.51. The van der Waals surface area contributed by atoms with Gasteiger partial charge in [0, 0.05) is 48.3 Å². The van der Waals surface area contributed by atoms with Gasteiger partial charge in [0.2, 0.25) is 11.8 Å². The van der Waals surface area contributed by atoms with E-state index in [1.807, 2.05) is 77.1 Å². The van der Waals surface area contributed by atoms with Crippen molar-refractivity contribution in [2.24, 2.45) is 17.8 Å². The molecule has 296 valence electrons. The summed E-state index contributed by atoms with van der Waals surface area (Å²) in [6.07, 6.45) is 3.74. The summed E-state index contributed by atoms with van der Waals surface area (Å²) in [4.78, 5) is 59.3. The molecule has 56 heavy (non-hydrogen) atoms. The quantitative estimate of drug-likeness (QED) is 0.167. The van der Waals surface area contributed by atoms with E-state index in [2.05, 4.69) is 27.1 Å². The number of benzene rings is 2. The molecule has 6 atom stereocenters. The average Bonchev–Trinajstić information content (AvgIpc) is 4.02. The first-order chi connectivity index (χ1) is 26.7. The number of likely N-dealkylation sites (tertiary alicyclic amines) is 2. The molecule has 3 saturated heterocycles. The van der Waals surface area contributed by atoms with Gasteiger partial charge in [0.1, 0.15) is 23.4 Å². The number of ether oxygens (including phenoxy) is 2. The maximum absolute atomic E-state index is 15.2. The molecule has 13 heteroatoms. The third-order valence-electron chi connectivity index (χ3n) is 11.7. The lowest BCUT2D eigenvalue weighted by Crippen LogP contribution is -2.51. The number of nitrogens with zero attached hydrogens (tertiary/aromatic N) is 4. The van der Waals surface area contributed by atoms with Gasteiger partial charge in [-0.2, -0.15) is 0 Å². The van der Waals surface area contributed by atoms with E-state index in [9.17, 15) is 14.4 Å². The second kappa shape index (κ2) is 15.4. The predicted molar refractivity (Wildman–Crippen MR) is 210 cm³/mol. The van der Waals surface area contributed by atoms with Crippen LogP contribution in [0.2, 0.25) is 0 Å². The van der Waals surface area contributed by atoms with Crippen molar-refractivity contribution >= 4 is 28.9 Å². The molecule has 0 radical (unpaired) electrons. The number of rotatable bonds is 8. The largest absolute Gasteiger partial charge is 0.453 e. The number of hydrogen-bond donors (Lipinski definition) is 3. The lowest BCUT2D eigenvalue weighted by molar-refractivity contribution is -0.138. The molecule has 5 heterocycles. The van der Waals surface area contributed by atoms with Gasteiger partial charge < -0.3 is 34.6 Å². The molecule has 3 fully saturated rings. The molecule has 0 bridgehead atoms. The van der Waals surface area contributed by atoms with Gasteiger partial charge in [-0.05, 0) is 61.9 Å². The van der Waals surface area contributed by atoms with Crippen LogP contribution in [-0.2, 0) is 19.1 Å². The Balaban J connectivity index is 1.07. The van der Waals surface area contributed by atoms with Crippen LogP contribution in [0.15, 0.2) is 48.7 Å². The summed E-state index contributed by atoms with van der Waals surface area (Å²) in [7, 11) is 1.29. The van der Waals surface area contributed by atoms with Crippen LogP contribution in [0, 0.1) is 29.6 Å². The van der Waals surface area contributed by atoms with Crippen molar-refractivity contribution in [1.29, 1.82) is 0 Å². The molecule has 1 spiro atoms. The Morgan fingerprint density at radius 1 is 0.929 bits per heavy atom. The third kappa shape index (κ3) is 7.89. The van der Waals surface area contributed by atoms with Gasteiger partial charge in [0.05, 0.1) is 54.6 Å². The molecule has 12 nitrogen and oxygen atoms in total. The zero-order chi connectivity index (χ0) is 39.9. The Labute approximate surface area is 327 Å². The van der Waals surface area contributed by atoms with E-state index in [0.717, 1.165) is 40.6 Å². The third-order valence-corrected chi connectivity index (χ3v) is 11.7. The van der Waals surface area contributed by atoms with Gasteiger partial charge >= 0.3 is 6.09 Å². The number of methoxy groups -OCH3 is 1. The standard InChI is InChI=1S/C43H52FN7O5/c1-25(2)27(5)39(52)50-23-42(6,44)20-34(50)37-45-22-33(48-37)30-14-11-28(12-15-30)9-10-29-13-16-31-32(19-29)47-38(46-31)35-21-43(17-8-18-56-43)24-51(35)40(53)36(26(3)4)49-41(54)55-7/h11-16,19,22,25-27,34-36H,8,17-18,20-21,23-24H2,1-7H3,(H,45,48)(H,46,47)(H,49,54)/t27-,34-,35-,36-,42+,43-/m0/s1. The van der Waals surface area contributed by atoms with Crippen molar-refractivity contribution in [3.05, 3.63) is 71.4 Å². The zero-order valence-electron chi connectivity index (χ0n) is 33.2. The smallest absolute Gasteiger partial charge is 0.407 e. The normalized spacial score (nSPS) is 24.5. The minimum absolute atomic E-state index is 0.0509. The predicted octanol–water partition coefficient (Wildman–Crippen LogP) is 6.85. The lowest BCUT2D eigenvalue weighted by Gasteiger charge is -2.30. The van der Waals surface area contributed by atoms with Crippen molar-refractivity contribution < 1.29 is 28.2 Å². The topological polar surface area (TPSA) is 146 Å². The Hall–Kier alpha value is -5.22.